The molecule has 0 aliphatic heterocycles. The molecule has 0 bridgehead atoms. The molecule has 0 radical (unpaired) electrons. The Bertz CT molecular complexity index is 488. The lowest BCUT2D eigenvalue weighted by atomic mass is 10.2. The van der Waals surface area contributed by atoms with Crippen LogP contribution in [0.4, 0.5) is 0 Å². The average Bonchev–Trinajstić information content (AvgIpc) is 2.28. The lowest BCUT2D eigenvalue weighted by Crippen LogP contribution is -2.43. The molecule has 1 rings (SSSR count). The highest BCUT2D eigenvalue weighted by Crippen LogP contribution is 2.24. The van der Waals surface area contributed by atoms with Gasteiger partial charge in [-0.25, -0.2) is 0 Å². The molecule has 5 nitrogen and oxygen atoms in total. The topological polar surface area (TPSA) is 84.2 Å². The minimum Gasteiger partial charge on any atom is -0.361 e. The van der Waals surface area contributed by atoms with E-state index in [0.717, 1.165) is 0 Å². The molecule has 2 amide bonds. The Kier molecular flexibility index (Phi) is 4.37. The number of nitrogens with one attached hydrogen (secondary N) is 2. The number of hydrogen-bond acceptors (Lipinski definition) is 3. The lowest BCUT2D eigenvalue weighted by molar-refractivity contribution is -0.137. The van der Waals surface area contributed by atoms with E-state index in [1.807, 2.05) is 0 Å². The zero-order valence-electron chi connectivity index (χ0n) is 8.59. The number of nitrogens with two attached hydrogens (primary N) is 1. The highest BCUT2D eigenvalue weighted by molar-refractivity contribution is 6.42. The van der Waals surface area contributed by atoms with Crippen LogP contribution < -0.4 is 16.6 Å². The van der Waals surface area contributed by atoms with Gasteiger partial charge in [-0.05, 0) is 12.1 Å². The van der Waals surface area contributed by atoms with Crippen LogP contribution in [-0.4, -0.2) is 11.8 Å². The van der Waals surface area contributed by atoms with Crippen molar-refractivity contribution in [3.63, 3.8) is 0 Å². The first kappa shape index (κ1) is 13.3. The fourth-order valence-corrected chi connectivity index (χ4v) is 1.25. The summed E-state index contributed by atoms with van der Waals surface area (Å²) >= 11 is 11.6. The predicted molar refractivity (Wildman–Crippen MR) is 66.0 cm³/mol. The van der Waals surface area contributed by atoms with Crippen molar-refractivity contribution in [3.05, 3.63) is 40.4 Å². The van der Waals surface area contributed by atoms with Gasteiger partial charge in [0.1, 0.15) is 0 Å². The van der Waals surface area contributed by atoms with E-state index in [0.29, 0.717) is 21.3 Å². The Morgan fingerprint density at radius 2 is 1.82 bits per heavy atom. The smallest absolute Gasteiger partial charge is 0.327 e. The van der Waals surface area contributed by atoms with Crippen molar-refractivity contribution in [2.75, 3.05) is 0 Å². The van der Waals surface area contributed by atoms with Crippen LogP contribution in [0.25, 0.3) is 5.70 Å². The van der Waals surface area contributed by atoms with Crippen molar-refractivity contribution >= 4 is 40.7 Å². The van der Waals surface area contributed by atoms with E-state index < -0.39 is 11.8 Å². The Morgan fingerprint density at radius 3 is 2.35 bits per heavy atom. The zero-order valence-corrected chi connectivity index (χ0v) is 10.1. The van der Waals surface area contributed by atoms with Crippen molar-refractivity contribution in [3.8, 4) is 0 Å². The Labute approximate surface area is 108 Å². The van der Waals surface area contributed by atoms with Crippen molar-refractivity contribution in [1.82, 2.24) is 10.9 Å². The molecule has 0 heterocycles. The Morgan fingerprint density at radius 1 is 1.18 bits per heavy atom. The van der Waals surface area contributed by atoms with E-state index in [9.17, 15) is 9.59 Å². The maximum Gasteiger partial charge on any atom is 0.327 e. The van der Waals surface area contributed by atoms with Crippen molar-refractivity contribution in [2.45, 2.75) is 0 Å². The minimum atomic E-state index is -1.10. The van der Waals surface area contributed by atoms with Crippen LogP contribution >= 0.6 is 23.2 Å². The summed E-state index contributed by atoms with van der Waals surface area (Å²) in [5.41, 5.74) is 10.2. The molecule has 0 unspecified atom stereocenters. The monoisotopic (exact) mass is 273 g/mol. The molecule has 0 saturated carbocycles. The molecule has 0 aliphatic carbocycles. The molecular formula is C10H9Cl2N3O2. The average molecular weight is 274 g/mol. The number of primary amides is 1. The summed E-state index contributed by atoms with van der Waals surface area (Å²) in [5, 5.41) is 0.762. The Hall–Kier alpha value is -1.72. The second-order valence-corrected chi connectivity index (χ2v) is 3.87. The lowest BCUT2D eigenvalue weighted by Gasteiger charge is -2.10. The molecule has 17 heavy (non-hydrogen) atoms. The molecule has 90 valence electrons. The third kappa shape index (κ3) is 3.65. The van der Waals surface area contributed by atoms with E-state index in [1.54, 1.807) is 18.2 Å². The van der Waals surface area contributed by atoms with Crippen LogP contribution in [0, 0.1) is 0 Å². The summed E-state index contributed by atoms with van der Waals surface area (Å²) in [5.74, 6) is -2.06. The van der Waals surface area contributed by atoms with Crippen LogP contribution in [0.2, 0.25) is 10.0 Å². The molecule has 0 saturated heterocycles. The second-order valence-electron chi connectivity index (χ2n) is 3.05. The van der Waals surface area contributed by atoms with Gasteiger partial charge in [0.05, 0.1) is 15.7 Å². The molecular weight excluding hydrogens is 265 g/mol. The fraction of sp³-hybridized carbons (Fsp3) is 0. The minimum absolute atomic E-state index is 0.346. The number of hydrazine groups is 1. The first-order chi connectivity index (χ1) is 7.91. The standard InChI is InChI=1S/C10H9Cl2N3O2/c1-5(14-15-10(17)9(13)16)6-2-3-7(11)8(12)4-6/h2-4,14H,1H2,(H2,13,16)(H,15,17). The van der Waals surface area contributed by atoms with Crippen molar-refractivity contribution in [2.24, 2.45) is 5.73 Å². The second kappa shape index (κ2) is 5.56. The molecule has 0 fully saturated rings. The summed E-state index contributed by atoms with van der Waals surface area (Å²) in [6.45, 7) is 3.65. The normalized spacial score (nSPS) is 9.53. The molecule has 0 aliphatic rings. The SMILES string of the molecule is C=C(NNC(=O)C(N)=O)c1ccc(Cl)c(Cl)c1. The molecule has 1 aromatic carbocycles. The maximum atomic E-state index is 10.9. The first-order valence-corrected chi connectivity index (χ1v) is 5.17. The van der Waals surface area contributed by atoms with Gasteiger partial charge in [0, 0.05) is 5.56 Å². The summed E-state index contributed by atoms with van der Waals surface area (Å²) in [4.78, 5) is 21.3. The van der Waals surface area contributed by atoms with Gasteiger partial charge >= 0.3 is 11.8 Å². The van der Waals surface area contributed by atoms with Gasteiger partial charge in [0.15, 0.2) is 0 Å². The quantitative estimate of drug-likeness (QED) is 0.569. The summed E-state index contributed by atoms with van der Waals surface area (Å²) in [7, 11) is 0. The number of benzene rings is 1. The highest BCUT2D eigenvalue weighted by atomic mass is 35.5. The van der Waals surface area contributed by atoms with Gasteiger partial charge in [-0.15, -0.1) is 0 Å². The summed E-state index contributed by atoms with van der Waals surface area (Å²) in [6.07, 6.45) is 0. The van der Waals surface area contributed by atoms with E-state index in [4.69, 9.17) is 28.9 Å². The predicted octanol–water partition coefficient (Wildman–Crippen LogP) is 1.07. The van der Waals surface area contributed by atoms with Gasteiger partial charge < -0.3 is 5.73 Å². The first-order valence-electron chi connectivity index (χ1n) is 4.42. The number of rotatable bonds is 3. The van der Waals surface area contributed by atoms with Crippen LogP contribution in [-0.2, 0) is 9.59 Å². The van der Waals surface area contributed by atoms with Crippen molar-refractivity contribution < 1.29 is 9.59 Å². The third-order valence-electron chi connectivity index (χ3n) is 1.82. The number of carbonyl (C=O) groups excluding carboxylic acids is 2. The highest BCUT2D eigenvalue weighted by Gasteiger charge is 2.08. The number of carbonyl (C=O) groups is 2. The van der Waals surface area contributed by atoms with Gasteiger partial charge in [-0.3, -0.25) is 20.4 Å². The number of halogens is 2. The zero-order chi connectivity index (χ0) is 13.0. The number of hydrogen-bond donors (Lipinski definition) is 3. The van der Waals surface area contributed by atoms with Gasteiger partial charge in [0.25, 0.3) is 0 Å². The van der Waals surface area contributed by atoms with Gasteiger partial charge in [-0.1, -0.05) is 35.8 Å². The fourth-order valence-electron chi connectivity index (χ4n) is 0.950. The molecule has 4 N–H and O–H groups in total. The van der Waals surface area contributed by atoms with Gasteiger partial charge in [-0.2, -0.15) is 0 Å². The molecule has 0 spiro atoms. The maximum absolute atomic E-state index is 10.9. The molecule has 0 atom stereocenters. The van der Waals surface area contributed by atoms with Crippen LogP contribution in [0.1, 0.15) is 5.56 Å². The van der Waals surface area contributed by atoms with E-state index in [2.05, 4.69) is 17.4 Å². The molecule has 1 aromatic rings. The van der Waals surface area contributed by atoms with E-state index >= 15 is 0 Å². The largest absolute Gasteiger partial charge is 0.361 e. The van der Waals surface area contributed by atoms with Crippen LogP contribution in [0.5, 0.6) is 0 Å². The molecule has 7 heteroatoms. The summed E-state index contributed by atoms with van der Waals surface area (Å²) in [6, 6.07) is 4.80. The Balaban J connectivity index is 2.67. The van der Waals surface area contributed by atoms with Crippen LogP contribution in [0.15, 0.2) is 24.8 Å². The van der Waals surface area contributed by atoms with E-state index in [-0.39, 0.29) is 0 Å². The van der Waals surface area contributed by atoms with Crippen LogP contribution in [0.3, 0.4) is 0 Å². The summed E-state index contributed by atoms with van der Waals surface area (Å²) < 4.78 is 0. The van der Waals surface area contributed by atoms with E-state index in [1.165, 1.54) is 0 Å². The van der Waals surface area contributed by atoms with Gasteiger partial charge in [0.2, 0.25) is 0 Å². The number of amides is 2. The molecule has 0 aromatic heterocycles. The third-order valence-corrected chi connectivity index (χ3v) is 2.56. The van der Waals surface area contributed by atoms with Crippen molar-refractivity contribution in [1.29, 1.82) is 0 Å².